The SMILES string of the molecule is Cc1ccc(/C=C2/SC(=O)N(CC(=O)Nc3ccc(C(C)C)cc3)C2=O)cc1. The summed E-state index contributed by atoms with van der Waals surface area (Å²) in [7, 11) is 0. The fourth-order valence-electron chi connectivity index (χ4n) is 2.75. The molecule has 5 nitrogen and oxygen atoms in total. The second kappa shape index (κ2) is 8.44. The average Bonchev–Trinajstić information content (AvgIpc) is 2.91. The van der Waals surface area contributed by atoms with Gasteiger partial charge in [-0.15, -0.1) is 0 Å². The van der Waals surface area contributed by atoms with Gasteiger partial charge in [0.25, 0.3) is 11.1 Å². The molecule has 0 spiro atoms. The third kappa shape index (κ3) is 4.70. The standard InChI is InChI=1S/C22H22N2O3S/c1-14(2)17-8-10-18(11-9-17)23-20(25)13-24-21(26)19(28-22(24)27)12-16-6-4-15(3)5-7-16/h4-12,14H,13H2,1-3H3,(H,23,25)/b19-12+. The topological polar surface area (TPSA) is 66.5 Å². The number of aryl methyl sites for hydroxylation is 1. The summed E-state index contributed by atoms with van der Waals surface area (Å²) in [4.78, 5) is 38.3. The second-order valence-corrected chi connectivity index (χ2v) is 8.00. The van der Waals surface area contributed by atoms with Crippen molar-refractivity contribution < 1.29 is 14.4 Å². The number of hydrogen-bond acceptors (Lipinski definition) is 4. The van der Waals surface area contributed by atoms with Gasteiger partial charge in [-0.2, -0.15) is 0 Å². The summed E-state index contributed by atoms with van der Waals surface area (Å²) >= 11 is 0.853. The highest BCUT2D eigenvalue weighted by molar-refractivity contribution is 8.18. The fraction of sp³-hybridized carbons (Fsp3) is 0.227. The molecular formula is C22H22N2O3S. The Kier molecular flexibility index (Phi) is 5.99. The first kappa shape index (κ1) is 19.9. The molecule has 0 bridgehead atoms. The minimum absolute atomic E-state index is 0.304. The van der Waals surface area contributed by atoms with Gasteiger partial charge < -0.3 is 5.32 Å². The molecular weight excluding hydrogens is 372 g/mol. The van der Waals surface area contributed by atoms with E-state index in [-0.39, 0.29) is 6.54 Å². The number of nitrogens with one attached hydrogen (secondary N) is 1. The Balaban J connectivity index is 1.65. The van der Waals surface area contributed by atoms with E-state index in [9.17, 15) is 14.4 Å². The van der Waals surface area contributed by atoms with Crippen molar-refractivity contribution in [2.45, 2.75) is 26.7 Å². The summed E-state index contributed by atoms with van der Waals surface area (Å²) in [6, 6.07) is 15.2. The summed E-state index contributed by atoms with van der Waals surface area (Å²) in [6.45, 7) is 5.86. The number of thioether (sulfide) groups is 1. The van der Waals surface area contributed by atoms with Crippen molar-refractivity contribution in [2.24, 2.45) is 0 Å². The van der Waals surface area contributed by atoms with Gasteiger partial charge in [0.1, 0.15) is 6.54 Å². The fourth-order valence-corrected chi connectivity index (χ4v) is 3.58. The van der Waals surface area contributed by atoms with Gasteiger partial charge in [0.2, 0.25) is 5.91 Å². The number of amides is 3. The minimum atomic E-state index is -0.444. The van der Waals surface area contributed by atoms with Crippen LogP contribution in [0.25, 0.3) is 6.08 Å². The summed E-state index contributed by atoms with van der Waals surface area (Å²) in [5.74, 6) is -0.447. The van der Waals surface area contributed by atoms with Gasteiger partial charge in [-0.05, 0) is 53.9 Å². The van der Waals surface area contributed by atoms with Crippen LogP contribution in [0.5, 0.6) is 0 Å². The molecule has 1 aliphatic heterocycles. The van der Waals surface area contributed by atoms with Crippen molar-refractivity contribution in [2.75, 3.05) is 11.9 Å². The molecule has 1 aliphatic rings. The molecule has 0 atom stereocenters. The maximum absolute atomic E-state index is 12.5. The summed E-state index contributed by atoms with van der Waals surface area (Å²) in [5, 5.41) is 2.30. The van der Waals surface area contributed by atoms with Crippen LogP contribution in [-0.2, 0) is 9.59 Å². The number of benzene rings is 2. The molecule has 3 rings (SSSR count). The van der Waals surface area contributed by atoms with Crippen LogP contribution in [-0.4, -0.2) is 28.5 Å². The zero-order valence-electron chi connectivity index (χ0n) is 16.1. The molecule has 0 aliphatic carbocycles. The van der Waals surface area contributed by atoms with E-state index in [1.807, 2.05) is 55.5 Å². The highest BCUT2D eigenvalue weighted by atomic mass is 32.2. The summed E-state index contributed by atoms with van der Waals surface area (Å²) in [5.41, 5.74) is 3.76. The van der Waals surface area contributed by atoms with Crippen molar-refractivity contribution in [3.63, 3.8) is 0 Å². The molecule has 0 saturated carbocycles. The third-order valence-electron chi connectivity index (χ3n) is 4.41. The van der Waals surface area contributed by atoms with Crippen molar-refractivity contribution >= 4 is 40.6 Å². The lowest BCUT2D eigenvalue weighted by molar-refractivity contribution is -0.127. The molecule has 2 aromatic carbocycles. The molecule has 0 radical (unpaired) electrons. The van der Waals surface area contributed by atoms with E-state index < -0.39 is 17.1 Å². The number of carbonyl (C=O) groups is 3. The van der Waals surface area contributed by atoms with Crippen molar-refractivity contribution in [3.8, 4) is 0 Å². The first-order valence-corrected chi connectivity index (χ1v) is 9.87. The zero-order valence-corrected chi connectivity index (χ0v) is 16.9. The number of nitrogens with zero attached hydrogens (tertiary/aromatic N) is 1. The van der Waals surface area contributed by atoms with Crippen LogP contribution >= 0.6 is 11.8 Å². The second-order valence-electron chi connectivity index (χ2n) is 7.00. The van der Waals surface area contributed by atoms with Gasteiger partial charge in [0.15, 0.2) is 0 Å². The minimum Gasteiger partial charge on any atom is -0.325 e. The smallest absolute Gasteiger partial charge is 0.294 e. The highest BCUT2D eigenvalue weighted by Crippen LogP contribution is 2.32. The van der Waals surface area contributed by atoms with E-state index in [0.29, 0.717) is 16.5 Å². The first-order valence-electron chi connectivity index (χ1n) is 9.05. The van der Waals surface area contributed by atoms with Gasteiger partial charge in [0.05, 0.1) is 4.91 Å². The zero-order chi connectivity index (χ0) is 20.3. The van der Waals surface area contributed by atoms with Crippen molar-refractivity contribution in [1.82, 2.24) is 4.90 Å². The van der Waals surface area contributed by atoms with Gasteiger partial charge in [-0.3, -0.25) is 19.3 Å². The van der Waals surface area contributed by atoms with E-state index in [1.54, 1.807) is 6.08 Å². The van der Waals surface area contributed by atoms with Crippen LogP contribution in [0.2, 0.25) is 0 Å². The normalized spacial score (nSPS) is 15.6. The van der Waals surface area contributed by atoms with Crippen molar-refractivity contribution in [3.05, 3.63) is 70.1 Å². The van der Waals surface area contributed by atoms with Gasteiger partial charge in [-0.25, -0.2) is 0 Å². The van der Waals surface area contributed by atoms with Crippen LogP contribution < -0.4 is 5.32 Å². The lowest BCUT2D eigenvalue weighted by Gasteiger charge is -2.13. The summed E-state index contributed by atoms with van der Waals surface area (Å²) < 4.78 is 0. The predicted molar refractivity (Wildman–Crippen MR) is 113 cm³/mol. The number of carbonyl (C=O) groups excluding carboxylic acids is 3. The van der Waals surface area contributed by atoms with E-state index in [4.69, 9.17) is 0 Å². The Morgan fingerprint density at radius 3 is 2.32 bits per heavy atom. The van der Waals surface area contributed by atoms with Gasteiger partial charge in [-0.1, -0.05) is 55.8 Å². The monoisotopic (exact) mass is 394 g/mol. The maximum atomic E-state index is 12.5. The number of rotatable bonds is 5. The molecule has 1 fully saturated rings. The van der Waals surface area contributed by atoms with Crippen LogP contribution in [0.1, 0.15) is 36.5 Å². The molecule has 3 amide bonds. The van der Waals surface area contributed by atoms with E-state index >= 15 is 0 Å². The molecule has 2 aromatic rings. The molecule has 1 heterocycles. The Hall–Kier alpha value is -2.86. The lowest BCUT2D eigenvalue weighted by Crippen LogP contribution is -2.36. The highest BCUT2D eigenvalue weighted by Gasteiger charge is 2.36. The van der Waals surface area contributed by atoms with Crippen LogP contribution in [0.3, 0.4) is 0 Å². The summed E-state index contributed by atoms with van der Waals surface area (Å²) in [6.07, 6.45) is 1.67. The van der Waals surface area contributed by atoms with E-state index in [2.05, 4.69) is 19.2 Å². The number of hydrogen-bond donors (Lipinski definition) is 1. The number of anilines is 1. The third-order valence-corrected chi connectivity index (χ3v) is 5.32. The Bertz CT molecular complexity index is 931. The molecule has 1 N–H and O–H groups in total. The van der Waals surface area contributed by atoms with E-state index in [1.165, 1.54) is 5.56 Å². The Morgan fingerprint density at radius 2 is 1.71 bits per heavy atom. The largest absolute Gasteiger partial charge is 0.325 e. The van der Waals surface area contributed by atoms with Crippen molar-refractivity contribution in [1.29, 1.82) is 0 Å². The molecule has 0 aromatic heterocycles. The maximum Gasteiger partial charge on any atom is 0.294 e. The molecule has 28 heavy (non-hydrogen) atoms. The molecule has 1 saturated heterocycles. The quantitative estimate of drug-likeness (QED) is 0.740. The average molecular weight is 394 g/mol. The predicted octanol–water partition coefficient (Wildman–Crippen LogP) is 4.79. The Morgan fingerprint density at radius 1 is 1.07 bits per heavy atom. The van der Waals surface area contributed by atoms with Gasteiger partial charge >= 0.3 is 0 Å². The molecule has 6 heteroatoms. The molecule has 0 unspecified atom stereocenters. The van der Waals surface area contributed by atoms with E-state index in [0.717, 1.165) is 27.8 Å². The van der Waals surface area contributed by atoms with Crippen LogP contribution in [0.15, 0.2) is 53.4 Å². The lowest BCUT2D eigenvalue weighted by atomic mass is 10.0. The first-order chi connectivity index (χ1) is 13.3. The molecule has 144 valence electrons. The Labute approximate surface area is 168 Å². The van der Waals surface area contributed by atoms with Crippen LogP contribution in [0.4, 0.5) is 10.5 Å². The van der Waals surface area contributed by atoms with Gasteiger partial charge in [0, 0.05) is 5.69 Å². The van der Waals surface area contributed by atoms with Crippen LogP contribution in [0, 0.1) is 6.92 Å². The number of imide groups is 1.